The Morgan fingerprint density at radius 2 is 2.03 bits per heavy atom. The van der Waals surface area contributed by atoms with Crippen molar-refractivity contribution in [3.05, 3.63) is 22.7 Å². The molecule has 1 aliphatic rings. The van der Waals surface area contributed by atoms with Crippen molar-refractivity contribution in [2.75, 3.05) is 18.5 Å². The number of amides is 1. The number of hydrogen-bond donors (Lipinski definition) is 2. The molecule has 1 aromatic heterocycles. The van der Waals surface area contributed by atoms with Crippen molar-refractivity contribution in [3.8, 4) is 0 Å². The number of anilines is 1. The highest BCUT2D eigenvalue weighted by molar-refractivity contribution is 5.83. The normalized spacial score (nSPS) is 22.5. The fourth-order valence-corrected chi connectivity index (χ4v) is 2.68. The minimum Gasteiger partial charge on any atom is -0.449 e. The van der Waals surface area contributed by atoms with Crippen LogP contribution in [0.3, 0.4) is 0 Å². The molecule has 11 nitrogen and oxygen atoms in total. The first-order chi connectivity index (χ1) is 14.7. The van der Waals surface area contributed by atoms with Gasteiger partial charge in [0.25, 0.3) is 0 Å². The summed E-state index contributed by atoms with van der Waals surface area (Å²) in [7, 11) is 0. The van der Waals surface area contributed by atoms with Gasteiger partial charge in [-0.15, -0.1) is 0 Å². The van der Waals surface area contributed by atoms with Crippen molar-refractivity contribution in [1.82, 2.24) is 9.55 Å². The minimum atomic E-state index is -3.92. The number of aromatic nitrogens is 2. The Bertz CT molecular complexity index is 884. The maximum Gasteiger partial charge on any atom is 0.509 e. The summed E-state index contributed by atoms with van der Waals surface area (Å²) < 4.78 is 50.1. The quantitative estimate of drug-likeness (QED) is 0.609. The topological polar surface area (TPSA) is 138 Å². The second kappa shape index (κ2) is 9.77. The van der Waals surface area contributed by atoms with Gasteiger partial charge in [-0.2, -0.15) is 13.8 Å². The van der Waals surface area contributed by atoms with E-state index in [-0.39, 0.29) is 18.3 Å². The number of carbonyl (C=O) groups excluding carboxylic acids is 2. The zero-order chi connectivity index (χ0) is 24.3. The van der Waals surface area contributed by atoms with Gasteiger partial charge in [-0.1, -0.05) is 13.8 Å². The van der Waals surface area contributed by atoms with E-state index in [1.807, 2.05) is 13.8 Å². The number of nitrogens with one attached hydrogen (secondary N) is 1. The molecule has 180 valence electrons. The number of aliphatic hydroxyl groups is 1. The highest BCUT2D eigenvalue weighted by atomic mass is 19.3. The first-order valence-electron chi connectivity index (χ1n) is 9.81. The average Bonchev–Trinajstić information content (AvgIpc) is 2.89. The lowest BCUT2D eigenvalue weighted by molar-refractivity contribution is -0.149. The van der Waals surface area contributed by atoms with Crippen LogP contribution in [-0.4, -0.2) is 63.9 Å². The van der Waals surface area contributed by atoms with E-state index in [2.05, 4.69) is 10.3 Å². The number of nitrogens with zero attached hydrogens (tertiary/aromatic N) is 2. The lowest BCUT2D eigenvalue weighted by Gasteiger charge is -2.25. The van der Waals surface area contributed by atoms with E-state index in [4.69, 9.17) is 18.9 Å². The predicted molar refractivity (Wildman–Crippen MR) is 105 cm³/mol. The van der Waals surface area contributed by atoms with Crippen molar-refractivity contribution in [2.24, 2.45) is 5.92 Å². The summed E-state index contributed by atoms with van der Waals surface area (Å²) in [5, 5.41) is 11.6. The molecule has 0 aliphatic carbocycles. The number of ether oxygens (including phenoxy) is 4. The molecule has 32 heavy (non-hydrogen) atoms. The number of carbonyl (C=O) groups is 2. The number of alkyl halides is 2. The van der Waals surface area contributed by atoms with Crippen molar-refractivity contribution >= 4 is 18.1 Å². The van der Waals surface area contributed by atoms with E-state index >= 15 is 8.78 Å². The lowest BCUT2D eigenvalue weighted by atomic mass is 10.1. The van der Waals surface area contributed by atoms with Crippen LogP contribution < -0.4 is 11.0 Å². The van der Waals surface area contributed by atoms with Crippen LogP contribution in [0.1, 0.15) is 40.8 Å². The van der Waals surface area contributed by atoms with Gasteiger partial charge >= 0.3 is 23.9 Å². The summed E-state index contributed by atoms with van der Waals surface area (Å²) in [5.74, 6) is -4.05. The standard InChI is InChI=1S/C19H27F2N3O8/c1-10(2)9-29-16(27)23-12-6-7-24(15(26)22-12)14-19(20,21)13(11(8-25)30-14)31-17(28)32-18(3,4)5/h6-7,10-11,13-14,25H,8-9H2,1-5H3,(H,22,23,26,27)/t11-,13-,14-/m1/s1. The summed E-state index contributed by atoms with van der Waals surface area (Å²) in [4.78, 5) is 39.4. The van der Waals surface area contributed by atoms with Gasteiger partial charge in [-0.25, -0.2) is 14.4 Å². The van der Waals surface area contributed by atoms with E-state index in [9.17, 15) is 19.5 Å². The molecule has 0 aromatic carbocycles. The van der Waals surface area contributed by atoms with Gasteiger partial charge in [-0.3, -0.25) is 9.88 Å². The number of rotatable bonds is 6. The molecule has 13 heteroatoms. The minimum absolute atomic E-state index is 0.0822. The fourth-order valence-electron chi connectivity index (χ4n) is 2.68. The summed E-state index contributed by atoms with van der Waals surface area (Å²) in [6, 6.07) is 1.09. The van der Waals surface area contributed by atoms with Crippen molar-refractivity contribution in [3.63, 3.8) is 0 Å². The highest BCUT2D eigenvalue weighted by Crippen LogP contribution is 2.44. The molecule has 2 heterocycles. The Kier molecular flexibility index (Phi) is 7.78. The molecule has 0 bridgehead atoms. The van der Waals surface area contributed by atoms with Crippen LogP contribution in [0.25, 0.3) is 0 Å². The lowest BCUT2D eigenvalue weighted by Crippen LogP contribution is -2.45. The Morgan fingerprint density at radius 3 is 2.56 bits per heavy atom. The van der Waals surface area contributed by atoms with Crippen LogP contribution in [0.2, 0.25) is 0 Å². The molecule has 0 radical (unpaired) electrons. The van der Waals surface area contributed by atoms with Crippen LogP contribution in [0.15, 0.2) is 17.1 Å². The smallest absolute Gasteiger partial charge is 0.449 e. The summed E-state index contributed by atoms with van der Waals surface area (Å²) in [6.07, 6.45) is -7.39. The van der Waals surface area contributed by atoms with Gasteiger partial charge in [0.2, 0.25) is 12.3 Å². The van der Waals surface area contributed by atoms with E-state index in [1.165, 1.54) is 20.8 Å². The molecule has 1 amide bonds. The molecule has 2 N–H and O–H groups in total. The molecule has 2 rings (SSSR count). The number of halogens is 2. The fraction of sp³-hybridized carbons (Fsp3) is 0.684. The van der Waals surface area contributed by atoms with Gasteiger partial charge in [0.1, 0.15) is 17.5 Å². The molecule has 1 aromatic rings. The van der Waals surface area contributed by atoms with E-state index < -0.39 is 54.5 Å². The van der Waals surface area contributed by atoms with Gasteiger partial charge in [-0.05, 0) is 32.8 Å². The molecule has 0 spiro atoms. The Labute approximate surface area is 182 Å². The number of aliphatic hydroxyl groups excluding tert-OH is 1. The molecular weight excluding hydrogens is 436 g/mol. The van der Waals surface area contributed by atoms with Gasteiger partial charge in [0, 0.05) is 6.20 Å². The second-order valence-corrected chi connectivity index (χ2v) is 8.51. The van der Waals surface area contributed by atoms with Crippen molar-refractivity contribution in [2.45, 2.75) is 64.6 Å². The van der Waals surface area contributed by atoms with Gasteiger partial charge in [0.05, 0.1) is 13.2 Å². The average molecular weight is 463 g/mol. The summed E-state index contributed by atoms with van der Waals surface area (Å²) in [5.41, 5.74) is -2.18. The first kappa shape index (κ1) is 25.5. The summed E-state index contributed by atoms with van der Waals surface area (Å²) >= 11 is 0. The maximum absolute atomic E-state index is 15.0. The third-order valence-electron chi connectivity index (χ3n) is 4.00. The molecular formula is C19H27F2N3O8. The third-order valence-corrected chi connectivity index (χ3v) is 4.00. The zero-order valence-corrected chi connectivity index (χ0v) is 18.3. The molecule has 0 saturated carbocycles. The Morgan fingerprint density at radius 1 is 1.38 bits per heavy atom. The molecule has 3 atom stereocenters. The largest absolute Gasteiger partial charge is 0.509 e. The second-order valence-electron chi connectivity index (χ2n) is 8.51. The van der Waals surface area contributed by atoms with Crippen LogP contribution in [0.5, 0.6) is 0 Å². The molecule has 1 fully saturated rings. The third kappa shape index (κ3) is 6.36. The zero-order valence-electron chi connectivity index (χ0n) is 18.3. The highest BCUT2D eigenvalue weighted by Gasteiger charge is 2.62. The molecule has 0 unspecified atom stereocenters. The van der Waals surface area contributed by atoms with Crippen molar-refractivity contribution < 1.29 is 42.4 Å². The Balaban J connectivity index is 2.19. The number of hydrogen-bond acceptors (Lipinski definition) is 9. The summed E-state index contributed by atoms with van der Waals surface area (Å²) in [6.45, 7) is 7.42. The maximum atomic E-state index is 15.0. The van der Waals surface area contributed by atoms with E-state index in [0.717, 1.165) is 12.3 Å². The van der Waals surface area contributed by atoms with E-state index in [0.29, 0.717) is 4.57 Å². The monoisotopic (exact) mass is 463 g/mol. The van der Waals surface area contributed by atoms with Gasteiger partial charge in [0.15, 0.2) is 0 Å². The first-order valence-corrected chi connectivity index (χ1v) is 9.81. The van der Waals surface area contributed by atoms with Crippen LogP contribution in [0, 0.1) is 5.92 Å². The molecule has 1 saturated heterocycles. The van der Waals surface area contributed by atoms with Crippen LogP contribution in [0.4, 0.5) is 24.2 Å². The SMILES string of the molecule is CC(C)COC(=O)Nc1ccn([C@@H]2O[C@H](CO)[C@@H](OC(=O)OC(C)(C)C)C2(F)F)c(=O)n1. The van der Waals surface area contributed by atoms with E-state index in [1.54, 1.807) is 0 Å². The van der Waals surface area contributed by atoms with Gasteiger partial charge < -0.3 is 24.1 Å². The van der Waals surface area contributed by atoms with Crippen molar-refractivity contribution in [1.29, 1.82) is 0 Å². The molecule has 1 aliphatic heterocycles. The Hall–Kier alpha value is -2.80. The van der Waals surface area contributed by atoms with Crippen LogP contribution in [-0.2, 0) is 18.9 Å². The van der Waals surface area contributed by atoms with Crippen LogP contribution >= 0.6 is 0 Å². The predicted octanol–water partition coefficient (Wildman–Crippen LogP) is 2.29.